The predicted octanol–water partition coefficient (Wildman–Crippen LogP) is 1.04. The molecule has 1 aliphatic rings. The number of carboxylic acid groups (broad SMARTS) is 2. The van der Waals surface area contributed by atoms with Crippen molar-refractivity contribution >= 4 is 39.2 Å². The van der Waals surface area contributed by atoms with E-state index in [0.717, 1.165) is 6.26 Å². The SMILES string of the molecule is CC(C)NC(=O)CN1CCN(c2ccc(NS(C)(=O)=O)c(C(=O)O)c2)CC1.O=C(O)C(F)(F)F. The fourth-order valence-corrected chi connectivity index (χ4v) is 3.51. The molecule has 0 aromatic heterocycles. The summed E-state index contributed by atoms with van der Waals surface area (Å²) >= 11 is 0. The second kappa shape index (κ2) is 11.9. The Bertz CT molecular complexity index is 992. The first-order chi connectivity index (χ1) is 15.5. The van der Waals surface area contributed by atoms with Crippen LogP contribution in [0, 0.1) is 0 Å². The zero-order chi connectivity index (χ0) is 26.3. The lowest BCUT2D eigenvalue weighted by atomic mass is 10.1. The van der Waals surface area contributed by atoms with E-state index in [9.17, 15) is 36.3 Å². The van der Waals surface area contributed by atoms with Crippen LogP contribution >= 0.6 is 0 Å². The van der Waals surface area contributed by atoms with E-state index in [-0.39, 0.29) is 23.2 Å². The molecule has 0 bridgehead atoms. The number of hydrogen-bond donors (Lipinski definition) is 4. The molecule has 0 radical (unpaired) electrons. The van der Waals surface area contributed by atoms with Gasteiger partial charge in [-0.05, 0) is 32.0 Å². The van der Waals surface area contributed by atoms with Crippen LogP contribution in [0.5, 0.6) is 0 Å². The van der Waals surface area contributed by atoms with Gasteiger partial charge < -0.3 is 20.4 Å². The molecular weight excluding hydrogens is 485 g/mol. The molecule has 0 aliphatic carbocycles. The smallest absolute Gasteiger partial charge is 0.478 e. The second-order valence-corrected chi connectivity index (χ2v) is 9.45. The number of nitrogens with zero attached hydrogens (tertiary/aromatic N) is 2. The number of hydrogen-bond acceptors (Lipinski definition) is 7. The Morgan fingerprint density at radius 3 is 2.03 bits per heavy atom. The van der Waals surface area contributed by atoms with Gasteiger partial charge in [0.1, 0.15) is 0 Å². The van der Waals surface area contributed by atoms with Crippen molar-refractivity contribution in [3.8, 4) is 0 Å². The summed E-state index contributed by atoms with van der Waals surface area (Å²) in [5.41, 5.74) is 0.646. The van der Waals surface area contributed by atoms with Crippen LogP contribution in [0.2, 0.25) is 0 Å². The van der Waals surface area contributed by atoms with Crippen molar-refractivity contribution in [1.82, 2.24) is 10.2 Å². The number of carbonyl (C=O) groups is 3. The first-order valence-corrected chi connectivity index (χ1v) is 11.8. The lowest BCUT2D eigenvalue weighted by Gasteiger charge is -2.36. The third-order valence-corrected chi connectivity index (χ3v) is 4.92. The minimum Gasteiger partial charge on any atom is -0.478 e. The highest BCUT2D eigenvalue weighted by molar-refractivity contribution is 7.92. The van der Waals surface area contributed by atoms with E-state index in [1.54, 1.807) is 6.07 Å². The number of nitrogens with one attached hydrogen (secondary N) is 2. The molecule has 192 valence electrons. The number of piperazine rings is 1. The molecule has 0 spiro atoms. The van der Waals surface area contributed by atoms with Gasteiger partial charge >= 0.3 is 18.1 Å². The molecule has 2 rings (SSSR count). The summed E-state index contributed by atoms with van der Waals surface area (Å²) in [4.78, 5) is 36.3. The Balaban J connectivity index is 0.000000718. The molecule has 1 fully saturated rings. The van der Waals surface area contributed by atoms with E-state index in [2.05, 4.69) is 10.0 Å². The molecule has 34 heavy (non-hydrogen) atoms. The monoisotopic (exact) mass is 512 g/mol. The van der Waals surface area contributed by atoms with Crippen molar-refractivity contribution in [3.05, 3.63) is 23.8 Å². The molecule has 1 heterocycles. The first-order valence-electron chi connectivity index (χ1n) is 9.91. The van der Waals surface area contributed by atoms with Crippen LogP contribution in [0.3, 0.4) is 0 Å². The highest BCUT2D eigenvalue weighted by Crippen LogP contribution is 2.25. The van der Waals surface area contributed by atoms with Crippen LogP contribution in [-0.4, -0.2) is 92.6 Å². The molecule has 11 nitrogen and oxygen atoms in total. The minimum absolute atomic E-state index is 0.0113. The van der Waals surface area contributed by atoms with Crippen molar-refractivity contribution in [1.29, 1.82) is 0 Å². The maximum Gasteiger partial charge on any atom is 0.490 e. The average molecular weight is 513 g/mol. The predicted molar refractivity (Wildman–Crippen MR) is 117 cm³/mol. The summed E-state index contributed by atoms with van der Waals surface area (Å²) < 4.78 is 56.8. The zero-order valence-corrected chi connectivity index (χ0v) is 19.5. The number of benzene rings is 1. The molecule has 0 saturated carbocycles. The highest BCUT2D eigenvalue weighted by atomic mass is 32.2. The van der Waals surface area contributed by atoms with Crippen LogP contribution in [0.25, 0.3) is 0 Å². The van der Waals surface area contributed by atoms with Crippen molar-refractivity contribution < 1.29 is 46.2 Å². The molecule has 0 atom stereocenters. The van der Waals surface area contributed by atoms with Gasteiger partial charge in [0.05, 0.1) is 24.1 Å². The molecule has 4 N–H and O–H groups in total. The Morgan fingerprint density at radius 1 is 1.09 bits per heavy atom. The summed E-state index contributed by atoms with van der Waals surface area (Å²) in [5.74, 6) is -3.97. The van der Waals surface area contributed by atoms with Crippen LogP contribution in [0.15, 0.2) is 18.2 Å². The fraction of sp³-hybridized carbons (Fsp3) is 0.526. The number of aromatic carboxylic acids is 1. The van der Waals surface area contributed by atoms with Crippen LogP contribution in [0.1, 0.15) is 24.2 Å². The van der Waals surface area contributed by atoms with Gasteiger partial charge in [-0.3, -0.25) is 14.4 Å². The second-order valence-electron chi connectivity index (χ2n) is 7.70. The van der Waals surface area contributed by atoms with E-state index in [4.69, 9.17) is 9.90 Å². The van der Waals surface area contributed by atoms with Gasteiger partial charge in [0.2, 0.25) is 15.9 Å². The number of anilines is 2. The van der Waals surface area contributed by atoms with Gasteiger partial charge in [-0.25, -0.2) is 18.0 Å². The molecule has 0 unspecified atom stereocenters. The van der Waals surface area contributed by atoms with E-state index in [1.165, 1.54) is 12.1 Å². The largest absolute Gasteiger partial charge is 0.490 e. The molecule has 1 aromatic rings. The van der Waals surface area contributed by atoms with E-state index < -0.39 is 28.1 Å². The number of carbonyl (C=O) groups excluding carboxylic acids is 1. The lowest BCUT2D eigenvalue weighted by molar-refractivity contribution is -0.192. The van der Waals surface area contributed by atoms with Crippen LogP contribution < -0.4 is 14.9 Å². The van der Waals surface area contributed by atoms with Gasteiger partial charge in [-0.1, -0.05) is 0 Å². The van der Waals surface area contributed by atoms with Gasteiger partial charge in [-0.2, -0.15) is 13.2 Å². The Labute approximate surface area is 194 Å². The van der Waals surface area contributed by atoms with E-state index in [0.29, 0.717) is 38.4 Å². The summed E-state index contributed by atoms with van der Waals surface area (Å²) in [5, 5.41) is 19.4. The van der Waals surface area contributed by atoms with E-state index >= 15 is 0 Å². The normalized spacial score (nSPS) is 14.7. The Kier molecular flexibility index (Phi) is 10.1. The fourth-order valence-electron chi connectivity index (χ4n) is 2.93. The maximum absolute atomic E-state index is 11.9. The first kappa shape index (κ1) is 29.0. The number of aliphatic carboxylic acids is 1. The summed E-state index contributed by atoms with van der Waals surface area (Å²) in [6, 6.07) is 4.73. The maximum atomic E-state index is 11.9. The number of carboxylic acids is 2. The third kappa shape index (κ3) is 10.2. The quantitative estimate of drug-likeness (QED) is 0.419. The van der Waals surface area contributed by atoms with E-state index in [1.807, 2.05) is 23.6 Å². The number of halogens is 3. The number of sulfonamides is 1. The topological polar surface area (TPSA) is 156 Å². The highest BCUT2D eigenvalue weighted by Gasteiger charge is 2.38. The Morgan fingerprint density at radius 2 is 1.62 bits per heavy atom. The van der Waals surface area contributed by atoms with Gasteiger partial charge in [-0.15, -0.1) is 0 Å². The standard InChI is InChI=1S/C17H26N4O5S.C2HF3O2/c1-12(2)18-16(22)11-20-6-8-21(9-7-20)13-4-5-15(19-27(3,25)26)14(10-13)17(23)24;3-2(4,5)1(6)7/h4-5,10,12,19H,6-9,11H2,1-3H3,(H,18,22)(H,23,24);(H,6,7). The zero-order valence-electron chi connectivity index (χ0n) is 18.7. The van der Waals surface area contributed by atoms with Crippen molar-refractivity contribution in [2.45, 2.75) is 26.1 Å². The minimum atomic E-state index is -5.08. The van der Waals surface area contributed by atoms with Crippen LogP contribution in [-0.2, 0) is 19.6 Å². The Hall–Kier alpha value is -3.07. The molecule has 1 aromatic carbocycles. The van der Waals surface area contributed by atoms with Crippen LogP contribution in [0.4, 0.5) is 24.5 Å². The van der Waals surface area contributed by atoms with Crippen molar-refractivity contribution in [2.24, 2.45) is 0 Å². The summed E-state index contributed by atoms with van der Waals surface area (Å²) in [7, 11) is -3.57. The van der Waals surface area contributed by atoms with Gasteiger partial charge in [0.25, 0.3) is 0 Å². The number of alkyl halides is 3. The van der Waals surface area contributed by atoms with Gasteiger partial charge in [0, 0.05) is 37.9 Å². The van der Waals surface area contributed by atoms with Crippen molar-refractivity contribution in [3.63, 3.8) is 0 Å². The lowest BCUT2D eigenvalue weighted by Crippen LogP contribution is -2.50. The average Bonchev–Trinajstić information content (AvgIpc) is 2.66. The number of amides is 1. The van der Waals surface area contributed by atoms with Gasteiger partial charge in [0.15, 0.2) is 0 Å². The molecule has 15 heteroatoms. The third-order valence-electron chi connectivity index (χ3n) is 4.33. The number of rotatable bonds is 7. The molecule has 1 amide bonds. The summed E-state index contributed by atoms with van der Waals surface area (Å²) in [6.07, 6.45) is -4.11. The van der Waals surface area contributed by atoms with Crippen molar-refractivity contribution in [2.75, 3.05) is 48.6 Å². The summed E-state index contributed by atoms with van der Waals surface area (Å²) in [6.45, 7) is 6.81. The molecule has 1 saturated heterocycles. The molecular formula is C19H27F3N4O7S. The molecule has 1 aliphatic heterocycles.